The topological polar surface area (TPSA) is 19.7 Å². The Bertz CT molecular complexity index is 964. The first-order chi connectivity index (χ1) is 13.9. The molecule has 1 aliphatic carbocycles. The van der Waals surface area contributed by atoms with E-state index in [1.165, 1.54) is 68.4 Å². The zero-order valence-electron chi connectivity index (χ0n) is 18.0. The summed E-state index contributed by atoms with van der Waals surface area (Å²) in [7, 11) is 0. The van der Waals surface area contributed by atoms with E-state index in [2.05, 4.69) is 63.3 Å². The van der Waals surface area contributed by atoms with E-state index >= 15 is 0 Å². The Hall–Kier alpha value is -1.39. The molecule has 0 unspecified atom stereocenters. The first kappa shape index (κ1) is 25.9. The van der Waals surface area contributed by atoms with Crippen LogP contribution >= 0.6 is 37.2 Å². The van der Waals surface area contributed by atoms with Crippen LogP contribution in [0.25, 0.3) is 5.52 Å². The van der Waals surface area contributed by atoms with Crippen LogP contribution in [0.1, 0.15) is 48.1 Å². The first-order valence-electron chi connectivity index (χ1n) is 11.0. The van der Waals surface area contributed by atoms with Crippen LogP contribution in [0.2, 0.25) is 0 Å². The second-order valence-electron chi connectivity index (χ2n) is 8.36. The maximum atomic E-state index is 3.70. The Labute approximate surface area is 204 Å². The van der Waals surface area contributed by atoms with Gasteiger partial charge in [-0.25, -0.2) is 0 Å². The third-order valence-corrected chi connectivity index (χ3v) is 6.53. The molecule has 6 heteroatoms. The average Bonchev–Trinajstić information content (AvgIpc) is 3.39. The van der Waals surface area contributed by atoms with Crippen molar-refractivity contribution < 1.29 is 0 Å². The van der Waals surface area contributed by atoms with Crippen LogP contribution in [0.5, 0.6) is 0 Å². The van der Waals surface area contributed by atoms with Crippen LogP contribution in [-0.2, 0) is 25.8 Å². The monoisotopic (exact) mass is 481 g/mol. The van der Waals surface area contributed by atoms with Crippen molar-refractivity contribution in [1.29, 1.82) is 0 Å². The maximum absolute atomic E-state index is 3.70. The lowest BCUT2D eigenvalue weighted by atomic mass is 9.93. The van der Waals surface area contributed by atoms with Crippen LogP contribution in [0.15, 0.2) is 48.7 Å². The molecular formula is C25H34Cl3N3. The van der Waals surface area contributed by atoms with Crippen LogP contribution in [0.3, 0.4) is 0 Å². The molecule has 1 aromatic carbocycles. The smallest absolute Gasteiger partial charge is 0.0488 e. The van der Waals surface area contributed by atoms with Gasteiger partial charge in [0.1, 0.15) is 0 Å². The van der Waals surface area contributed by atoms with Crippen LogP contribution in [-0.4, -0.2) is 24.0 Å². The van der Waals surface area contributed by atoms with Gasteiger partial charge in [0.15, 0.2) is 0 Å². The van der Waals surface area contributed by atoms with Gasteiger partial charge in [-0.05, 0) is 92.4 Å². The van der Waals surface area contributed by atoms with Gasteiger partial charge in [-0.15, -0.1) is 37.2 Å². The highest BCUT2D eigenvalue weighted by Gasteiger charge is 2.20. The van der Waals surface area contributed by atoms with Gasteiger partial charge >= 0.3 is 0 Å². The molecule has 31 heavy (non-hydrogen) atoms. The second kappa shape index (κ2) is 12.0. The third kappa shape index (κ3) is 5.51. The Morgan fingerprint density at radius 2 is 1.65 bits per heavy atom. The summed E-state index contributed by atoms with van der Waals surface area (Å²) in [5, 5.41) is 3.70. The molecule has 0 saturated carbocycles. The lowest BCUT2D eigenvalue weighted by Gasteiger charge is -2.18. The molecule has 3 aromatic rings. The summed E-state index contributed by atoms with van der Waals surface area (Å²) >= 11 is 0. The van der Waals surface area contributed by atoms with Crippen molar-refractivity contribution >= 4 is 48.4 Å². The van der Waals surface area contributed by atoms with Crippen LogP contribution in [0.4, 0.5) is 5.69 Å². The number of aromatic nitrogens is 1. The van der Waals surface area contributed by atoms with E-state index in [0.29, 0.717) is 0 Å². The summed E-state index contributed by atoms with van der Waals surface area (Å²) in [6.45, 7) is 4.41. The van der Waals surface area contributed by atoms with Gasteiger partial charge in [0.25, 0.3) is 0 Å². The number of anilines is 1. The van der Waals surface area contributed by atoms with E-state index in [4.69, 9.17) is 0 Å². The largest absolute Gasteiger partial charge is 0.372 e. The van der Waals surface area contributed by atoms with Gasteiger partial charge in [-0.2, -0.15) is 0 Å². The Morgan fingerprint density at radius 3 is 2.48 bits per heavy atom. The zero-order chi connectivity index (χ0) is 18.8. The molecule has 0 bridgehead atoms. The van der Waals surface area contributed by atoms with Crippen molar-refractivity contribution in [1.82, 2.24) is 9.72 Å². The van der Waals surface area contributed by atoms with Gasteiger partial charge in [0.2, 0.25) is 0 Å². The standard InChI is InChI=1S/C25H31N3.3ClH/c1-2-11-24-22(10-1)23(25-12-3-4-17-28(24)25)13-14-26-19-20-8-7-9-21(18-20)27-15-5-6-16-27;;;/h3-4,7-9,12,17-18,26H,1-2,5-6,10-11,13-16,19H2;3*1H. The van der Waals surface area contributed by atoms with Crippen molar-refractivity contribution in [3.8, 4) is 0 Å². The summed E-state index contributed by atoms with van der Waals surface area (Å²) < 4.78 is 2.45. The van der Waals surface area contributed by atoms with E-state index < -0.39 is 0 Å². The highest BCUT2D eigenvalue weighted by atomic mass is 35.5. The van der Waals surface area contributed by atoms with Crippen molar-refractivity contribution in [3.05, 3.63) is 71.0 Å². The maximum Gasteiger partial charge on any atom is 0.0488 e. The number of rotatable bonds is 6. The Morgan fingerprint density at radius 1 is 0.839 bits per heavy atom. The lowest BCUT2D eigenvalue weighted by Crippen LogP contribution is -2.19. The molecule has 2 aromatic heterocycles. The molecule has 1 fully saturated rings. The lowest BCUT2D eigenvalue weighted by molar-refractivity contribution is 0.656. The molecule has 2 aliphatic rings. The van der Waals surface area contributed by atoms with Crippen molar-refractivity contribution in [2.24, 2.45) is 0 Å². The number of aryl methyl sites for hydroxylation is 1. The fourth-order valence-corrected chi connectivity index (χ4v) is 5.12. The molecule has 0 radical (unpaired) electrons. The molecule has 3 nitrogen and oxygen atoms in total. The molecular weight excluding hydrogens is 449 g/mol. The third-order valence-electron chi connectivity index (χ3n) is 6.53. The highest BCUT2D eigenvalue weighted by molar-refractivity contribution is 5.86. The van der Waals surface area contributed by atoms with Crippen molar-refractivity contribution in [3.63, 3.8) is 0 Å². The molecule has 5 rings (SSSR count). The summed E-state index contributed by atoms with van der Waals surface area (Å²) in [6, 6.07) is 15.7. The molecule has 170 valence electrons. The number of hydrogen-bond acceptors (Lipinski definition) is 2. The van der Waals surface area contributed by atoms with Gasteiger partial charge < -0.3 is 14.6 Å². The van der Waals surface area contributed by atoms with Crippen molar-refractivity contribution in [2.45, 2.75) is 51.5 Å². The minimum atomic E-state index is 0. The quantitative estimate of drug-likeness (QED) is 0.434. The Kier molecular flexibility index (Phi) is 10.0. The molecule has 1 aliphatic heterocycles. The molecule has 0 spiro atoms. The highest BCUT2D eigenvalue weighted by Crippen LogP contribution is 2.30. The summed E-state index contributed by atoms with van der Waals surface area (Å²) in [5.74, 6) is 0. The van der Waals surface area contributed by atoms with Gasteiger partial charge in [-0.1, -0.05) is 18.2 Å². The minimum absolute atomic E-state index is 0. The van der Waals surface area contributed by atoms with E-state index in [0.717, 1.165) is 19.5 Å². The Balaban J connectivity index is 0.00000114. The fourth-order valence-electron chi connectivity index (χ4n) is 5.12. The molecule has 0 atom stereocenters. The number of nitrogens with zero attached hydrogens (tertiary/aromatic N) is 2. The number of hydrogen-bond donors (Lipinski definition) is 1. The van der Waals surface area contributed by atoms with Crippen LogP contribution in [0, 0.1) is 0 Å². The normalized spacial score (nSPS) is 15.0. The predicted molar refractivity (Wildman–Crippen MR) is 139 cm³/mol. The number of benzene rings is 1. The molecule has 1 saturated heterocycles. The summed E-state index contributed by atoms with van der Waals surface area (Å²) in [5.41, 5.74) is 8.99. The van der Waals surface area contributed by atoms with Crippen LogP contribution < -0.4 is 10.2 Å². The number of pyridine rings is 1. The number of fused-ring (bicyclic) bond motifs is 3. The molecule has 0 amide bonds. The summed E-state index contributed by atoms with van der Waals surface area (Å²) in [6.07, 6.45) is 11.2. The minimum Gasteiger partial charge on any atom is -0.372 e. The van der Waals surface area contributed by atoms with E-state index in [1.54, 1.807) is 16.8 Å². The van der Waals surface area contributed by atoms with E-state index in [9.17, 15) is 0 Å². The van der Waals surface area contributed by atoms with Crippen molar-refractivity contribution in [2.75, 3.05) is 24.5 Å². The zero-order valence-corrected chi connectivity index (χ0v) is 20.5. The average molecular weight is 483 g/mol. The fraction of sp³-hybridized carbons (Fsp3) is 0.440. The van der Waals surface area contributed by atoms with E-state index in [1.807, 2.05) is 0 Å². The van der Waals surface area contributed by atoms with E-state index in [-0.39, 0.29) is 37.2 Å². The first-order valence-corrected chi connectivity index (χ1v) is 11.0. The van der Waals surface area contributed by atoms with Gasteiger partial charge in [-0.3, -0.25) is 0 Å². The number of halogens is 3. The number of nitrogens with one attached hydrogen (secondary N) is 1. The van der Waals surface area contributed by atoms with Gasteiger partial charge in [0.05, 0.1) is 0 Å². The van der Waals surface area contributed by atoms with Gasteiger partial charge in [0, 0.05) is 42.7 Å². The SMILES string of the molecule is Cl.Cl.Cl.c1cc(CNCCc2c3c(n4ccccc24)CCCC3)cc(N2CCCC2)c1. The predicted octanol–water partition coefficient (Wildman–Crippen LogP) is 6.02. The molecule has 3 heterocycles. The molecule has 1 N–H and O–H groups in total. The second-order valence-corrected chi connectivity index (χ2v) is 8.36. The summed E-state index contributed by atoms with van der Waals surface area (Å²) in [4.78, 5) is 2.52.